The zero-order chi connectivity index (χ0) is 16.9. The van der Waals surface area contributed by atoms with Gasteiger partial charge in [-0.15, -0.1) is 12.6 Å². The van der Waals surface area contributed by atoms with Crippen LogP contribution in [0.1, 0.15) is 75.5 Å². The van der Waals surface area contributed by atoms with Crippen LogP contribution in [0.4, 0.5) is 0 Å². The first-order valence-electron chi connectivity index (χ1n) is 10.3. The molecule has 2 saturated carbocycles. The van der Waals surface area contributed by atoms with Crippen molar-refractivity contribution < 1.29 is 0 Å². The zero-order valence-electron chi connectivity index (χ0n) is 15.8. The number of fused-ring (bicyclic) bond motifs is 4. The van der Waals surface area contributed by atoms with Gasteiger partial charge < -0.3 is 0 Å². The molecule has 2 fully saturated rings. The fourth-order valence-electron chi connectivity index (χ4n) is 6.87. The summed E-state index contributed by atoms with van der Waals surface area (Å²) in [7, 11) is 0. The van der Waals surface area contributed by atoms with Gasteiger partial charge in [0, 0.05) is 4.90 Å². The molecule has 1 aromatic carbocycles. The Bertz CT molecular complexity index is 619. The molecule has 0 aliphatic heterocycles. The lowest BCUT2D eigenvalue weighted by atomic mass is 9.49. The Morgan fingerprint density at radius 3 is 2.75 bits per heavy atom. The molecule has 0 amide bonds. The number of thiol groups is 1. The lowest BCUT2D eigenvalue weighted by Gasteiger charge is -2.56. The second-order valence-corrected chi connectivity index (χ2v) is 9.74. The second kappa shape index (κ2) is 6.38. The highest BCUT2D eigenvalue weighted by molar-refractivity contribution is 7.80. The van der Waals surface area contributed by atoms with Crippen molar-refractivity contribution in [2.24, 2.45) is 29.1 Å². The molecule has 3 aliphatic rings. The van der Waals surface area contributed by atoms with Gasteiger partial charge in [-0.05, 0) is 104 Å². The van der Waals surface area contributed by atoms with Crippen LogP contribution < -0.4 is 0 Å². The Kier molecular flexibility index (Phi) is 4.52. The van der Waals surface area contributed by atoms with E-state index in [1.807, 2.05) is 0 Å². The molecular formula is C23H34S. The first-order chi connectivity index (χ1) is 11.5. The number of benzene rings is 1. The number of hydrogen-bond donors (Lipinski definition) is 1. The van der Waals surface area contributed by atoms with Crippen molar-refractivity contribution in [2.75, 3.05) is 0 Å². The van der Waals surface area contributed by atoms with E-state index in [1.54, 1.807) is 11.1 Å². The number of hydrogen-bond acceptors (Lipinski definition) is 1. The molecule has 0 aromatic heterocycles. The monoisotopic (exact) mass is 342 g/mol. The molecular weight excluding hydrogens is 308 g/mol. The largest absolute Gasteiger partial charge is 0.143 e. The Balaban J connectivity index is 1.64. The molecule has 5 atom stereocenters. The summed E-state index contributed by atoms with van der Waals surface area (Å²) in [5.74, 6) is 3.86. The highest BCUT2D eigenvalue weighted by atomic mass is 32.1. The van der Waals surface area contributed by atoms with Gasteiger partial charge in [-0.1, -0.05) is 32.8 Å². The van der Waals surface area contributed by atoms with Gasteiger partial charge in [-0.3, -0.25) is 0 Å². The normalized spacial score (nSPS) is 38.7. The molecule has 5 unspecified atom stereocenters. The third kappa shape index (κ3) is 2.66. The van der Waals surface area contributed by atoms with Gasteiger partial charge in [0.05, 0.1) is 0 Å². The molecule has 24 heavy (non-hydrogen) atoms. The first-order valence-corrected chi connectivity index (χ1v) is 10.8. The molecule has 3 aliphatic carbocycles. The molecule has 1 heteroatoms. The van der Waals surface area contributed by atoms with E-state index in [1.165, 1.54) is 68.2 Å². The van der Waals surface area contributed by atoms with Crippen LogP contribution in [0.5, 0.6) is 0 Å². The van der Waals surface area contributed by atoms with Crippen LogP contribution in [0, 0.1) is 36.0 Å². The zero-order valence-corrected chi connectivity index (χ0v) is 16.7. The first kappa shape index (κ1) is 17.0. The summed E-state index contributed by atoms with van der Waals surface area (Å²) in [5, 5.41) is 0. The molecule has 0 N–H and O–H groups in total. The summed E-state index contributed by atoms with van der Waals surface area (Å²) in [6, 6.07) is 4.82. The van der Waals surface area contributed by atoms with Crippen molar-refractivity contribution >= 4 is 12.6 Å². The van der Waals surface area contributed by atoms with E-state index in [0.717, 1.165) is 23.7 Å². The molecule has 132 valence electrons. The summed E-state index contributed by atoms with van der Waals surface area (Å²) >= 11 is 4.70. The summed E-state index contributed by atoms with van der Waals surface area (Å²) in [5.41, 5.74) is 5.24. The predicted octanol–water partition coefficient (Wildman–Crippen LogP) is 6.63. The van der Waals surface area contributed by atoms with Crippen molar-refractivity contribution in [1.82, 2.24) is 0 Å². The minimum atomic E-state index is 0.634. The Labute approximate surface area is 154 Å². The van der Waals surface area contributed by atoms with E-state index in [2.05, 4.69) is 32.9 Å². The third-order valence-corrected chi connectivity index (χ3v) is 8.75. The average Bonchev–Trinajstić information content (AvgIpc) is 2.74. The van der Waals surface area contributed by atoms with Crippen LogP contribution in [0.3, 0.4) is 0 Å². The number of rotatable bonds is 1. The van der Waals surface area contributed by atoms with Crippen molar-refractivity contribution in [3.8, 4) is 0 Å². The summed E-state index contributed by atoms with van der Waals surface area (Å²) in [4.78, 5) is 1.19. The van der Waals surface area contributed by atoms with Crippen LogP contribution >= 0.6 is 12.6 Å². The van der Waals surface area contributed by atoms with E-state index in [0.29, 0.717) is 5.41 Å². The second-order valence-electron chi connectivity index (χ2n) is 9.26. The Morgan fingerprint density at radius 2 is 1.96 bits per heavy atom. The van der Waals surface area contributed by atoms with Crippen molar-refractivity contribution in [3.63, 3.8) is 0 Å². The van der Waals surface area contributed by atoms with Crippen LogP contribution in [-0.2, 0) is 12.8 Å². The topological polar surface area (TPSA) is 0 Å². The fraction of sp³-hybridized carbons (Fsp3) is 0.739. The molecule has 0 saturated heterocycles. The minimum absolute atomic E-state index is 0.634. The van der Waals surface area contributed by atoms with E-state index < -0.39 is 0 Å². The lowest BCUT2D eigenvalue weighted by molar-refractivity contribution is -0.0635. The van der Waals surface area contributed by atoms with Gasteiger partial charge in [-0.2, -0.15) is 0 Å². The molecule has 4 rings (SSSR count). The van der Waals surface area contributed by atoms with E-state index in [4.69, 9.17) is 12.6 Å². The Morgan fingerprint density at radius 1 is 1.12 bits per heavy atom. The highest BCUT2D eigenvalue weighted by Gasteiger charge is 2.51. The van der Waals surface area contributed by atoms with Crippen LogP contribution in [0.25, 0.3) is 0 Å². The third-order valence-electron chi connectivity index (χ3n) is 8.26. The average molecular weight is 343 g/mol. The standard InChI is InChI=1S/C23H34S/c1-4-19-6-5-7-21-20-9-8-16-12-15(2)22(24)14-18(16)13-17(20)10-11-23(19,21)3/h12,14,17,19-21,24H,4-11,13H2,1-3H3. The SMILES string of the molecule is CCC1CCCC2C3CCc4cc(C)c(S)cc4CC3CCC12C. The molecule has 0 heterocycles. The van der Waals surface area contributed by atoms with Gasteiger partial charge >= 0.3 is 0 Å². The summed E-state index contributed by atoms with van der Waals surface area (Å²) < 4.78 is 0. The van der Waals surface area contributed by atoms with Gasteiger partial charge in [0.25, 0.3) is 0 Å². The van der Waals surface area contributed by atoms with Crippen LogP contribution in [0.15, 0.2) is 17.0 Å². The smallest absolute Gasteiger partial charge is 0.00721 e. The Hall–Kier alpha value is -0.430. The van der Waals surface area contributed by atoms with Crippen molar-refractivity contribution in [2.45, 2.75) is 83.5 Å². The molecule has 0 nitrogen and oxygen atoms in total. The maximum Gasteiger partial charge on any atom is 0.00721 e. The van der Waals surface area contributed by atoms with Gasteiger partial charge in [0.1, 0.15) is 0 Å². The molecule has 0 spiro atoms. The predicted molar refractivity (Wildman–Crippen MR) is 106 cm³/mol. The maximum absolute atomic E-state index is 4.70. The van der Waals surface area contributed by atoms with Crippen LogP contribution in [-0.4, -0.2) is 0 Å². The van der Waals surface area contributed by atoms with Crippen molar-refractivity contribution in [1.29, 1.82) is 0 Å². The maximum atomic E-state index is 4.70. The van der Waals surface area contributed by atoms with Gasteiger partial charge in [-0.25, -0.2) is 0 Å². The summed E-state index contributed by atoms with van der Waals surface area (Å²) in [6.07, 6.45) is 12.9. The van der Waals surface area contributed by atoms with E-state index in [-0.39, 0.29) is 0 Å². The van der Waals surface area contributed by atoms with Gasteiger partial charge in [0.2, 0.25) is 0 Å². The van der Waals surface area contributed by atoms with Crippen LogP contribution in [0.2, 0.25) is 0 Å². The minimum Gasteiger partial charge on any atom is -0.143 e. The van der Waals surface area contributed by atoms with Crippen molar-refractivity contribution in [3.05, 3.63) is 28.8 Å². The summed E-state index contributed by atoms with van der Waals surface area (Å²) in [6.45, 7) is 7.31. The number of aryl methyl sites for hydroxylation is 2. The lowest BCUT2D eigenvalue weighted by Crippen LogP contribution is -2.48. The molecule has 0 bridgehead atoms. The van der Waals surface area contributed by atoms with E-state index in [9.17, 15) is 0 Å². The van der Waals surface area contributed by atoms with E-state index >= 15 is 0 Å². The molecule has 1 aromatic rings. The molecule has 0 radical (unpaired) electrons. The quantitative estimate of drug-likeness (QED) is 0.544. The highest BCUT2D eigenvalue weighted by Crippen LogP contribution is 2.59. The van der Waals surface area contributed by atoms with Gasteiger partial charge in [0.15, 0.2) is 0 Å². The fourth-order valence-corrected chi connectivity index (χ4v) is 7.09.